The van der Waals surface area contributed by atoms with Crippen molar-refractivity contribution in [2.45, 2.75) is 36.1 Å². The first-order valence-electron chi connectivity index (χ1n) is 5.95. The summed E-state index contributed by atoms with van der Waals surface area (Å²) in [5.41, 5.74) is 0. The summed E-state index contributed by atoms with van der Waals surface area (Å²) in [4.78, 5) is 0.926. The fraction of sp³-hybridized carbons (Fsp3) is 0.455. The second kappa shape index (κ2) is 5.57. The monoisotopic (exact) mass is 336 g/mol. The van der Waals surface area contributed by atoms with Crippen molar-refractivity contribution >= 4 is 31.4 Å². The molecule has 0 aromatic carbocycles. The maximum atomic E-state index is 12.0. The van der Waals surface area contributed by atoms with Crippen molar-refractivity contribution in [3.8, 4) is 0 Å². The molecule has 1 saturated carbocycles. The molecule has 0 aliphatic heterocycles. The van der Waals surface area contributed by atoms with Crippen LogP contribution in [0.5, 0.6) is 0 Å². The zero-order valence-corrected chi connectivity index (χ0v) is 13.3. The van der Waals surface area contributed by atoms with Gasteiger partial charge < -0.3 is 0 Å². The quantitative estimate of drug-likeness (QED) is 0.808. The van der Waals surface area contributed by atoms with E-state index >= 15 is 0 Å². The lowest BCUT2D eigenvalue weighted by atomic mass is 9.89. The van der Waals surface area contributed by atoms with E-state index in [2.05, 4.69) is 16.0 Å². The number of thiophene rings is 1. The molecule has 0 radical (unpaired) electrons. The molecule has 6 nitrogen and oxygen atoms in total. The van der Waals surface area contributed by atoms with Crippen LogP contribution in [-0.2, 0) is 20.0 Å². The molecule has 0 atom stereocenters. The highest BCUT2D eigenvalue weighted by atomic mass is 32.2. The van der Waals surface area contributed by atoms with E-state index in [0.29, 0.717) is 12.8 Å². The van der Waals surface area contributed by atoms with Crippen LogP contribution in [0.3, 0.4) is 0 Å². The van der Waals surface area contributed by atoms with Gasteiger partial charge in [0.25, 0.3) is 0 Å². The van der Waals surface area contributed by atoms with Crippen molar-refractivity contribution in [1.29, 1.82) is 0 Å². The Labute approximate surface area is 123 Å². The van der Waals surface area contributed by atoms with Crippen molar-refractivity contribution < 1.29 is 16.8 Å². The Hall–Kier alpha value is -0.740. The van der Waals surface area contributed by atoms with Crippen LogP contribution in [0, 0.1) is 6.92 Å². The molecule has 0 unspecified atom stereocenters. The summed E-state index contributed by atoms with van der Waals surface area (Å²) in [6.45, 7) is 5.04. The molecule has 1 aliphatic rings. The molecule has 1 aromatic rings. The fourth-order valence-corrected chi connectivity index (χ4v) is 5.24. The predicted octanol–water partition coefficient (Wildman–Crippen LogP) is 0.929. The topological polar surface area (TPSA) is 92.3 Å². The Kier molecular flexibility index (Phi) is 4.35. The SMILES string of the molecule is C=CS(=O)(=O)NC1CC(NS(=O)(=O)c2ccc(C)s2)C1. The van der Waals surface area contributed by atoms with E-state index in [1.807, 2.05) is 6.92 Å². The Morgan fingerprint density at radius 2 is 1.80 bits per heavy atom. The first-order chi connectivity index (χ1) is 9.22. The van der Waals surface area contributed by atoms with Crippen molar-refractivity contribution in [2.24, 2.45) is 0 Å². The Bertz CT molecular complexity index is 700. The number of hydrogen-bond acceptors (Lipinski definition) is 5. The number of nitrogens with one attached hydrogen (secondary N) is 2. The molecule has 1 heterocycles. The van der Waals surface area contributed by atoms with Gasteiger partial charge in [-0.25, -0.2) is 26.3 Å². The Morgan fingerprint density at radius 1 is 1.20 bits per heavy atom. The van der Waals surface area contributed by atoms with Gasteiger partial charge in [-0.2, -0.15) is 0 Å². The summed E-state index contributed by atoms with van der Waals surface area (Å²) in [5, 5.41) is 0.846. The molecule has 1 aliphatic carbocycles. The van der Waals surface area contributed by atoms with Gasteiger partial charge in [0.2, 0.25) is 20.0 Å². The van der Waals surface area contributed by atoms with Crippen LogP contribution in [0.25, 0.3) is 0 Å². The number of rotatable bonds is 6. The van der Waals surface area contributed by atoms with Crippen LogP contribution >= 0.6 is 11.3 Å². The number of aryl methyl sites for hydroxylation is 1. The normalized spacial score (nSPS) is 23.2. The molecular formula is C11H16N2O4S3. The fourth-order valence-electron chi connectivity index (χ4n) is 1.92. The third-order valence-corrected chi connectivity index (χ3v) is 7.10. The largest absolute Gasteiger partial charge is 0.250 e. The first kappa shape index (κ1) is 15.6. The van der Waals surface area contributed by atoms with Crippen LogP contribution < -0.4 is 9.44 Å². The van der Waals surface area contributed by atoms with E-state index < -0.39 is 20.0 Å². The highest BCUT2D eigenvalue weighted by Crippen LogP contribution is 2.25. The molecule has 9 heteroatoms. The summed E-state index contributed by atoms with van der Waals surface area (Å²) in [7, 11) is -6.96. The molecule has 0 bridgehead atoms. The van der Waals surface area contributed by atoms with Crippen molar-refractivity contribution in [2.75, 3.05) is 0 Å². The van der Waals surface area contributed by atoms with Crippen LogP contribution in [0.2, 0.25) is 0 Å². The van der Waals surface area contributed by atoms with Gasteiger partial charge in [0.1, 0.15) is 4.21 Å². The van der Waals surface area contributed by atoms with E-state index in [9.17, 15) is 16.8 Å². The van der Waals surface area contributed by atoms with Gasteiger partial charge in [0, 0.05) is 22.4 Å². The Balaban J connectivity index is 1.90. The Morgan fingerprint density at radius 3 is 2.30 bits per heavy atom. The summed E-state index contributed by atoms with van der Waals surface area (Å²) in [5.74, 6) is 0. The standard InChI is InChI=1S/C11H16N2O4S3/c1-3-19(14,15)12-9-6-10(7-9)13-20(16,17)11-5-4-8(2)18-11/h3-5,9-10,12-13H,1,6-7H2,2H3. The lowest BCUT2D eigenvalue weighted by Crippen LogP contribution is -2.53. The minimum atomic E-state index is -3.50. The molecule has 1 aromatic heterocycles. The molecule has 20 heavy (non-hydrogen) atoms. The number of sulfonamides is 2. The van der Waals surface area contributed by atoms with Crippen molar-refractivity contribution in [3.63, 3.8) is 0 Å². The molecule has 112 valence electrons. The lowest BCUT2D eigenvalue weighted by molar-refractivity contribution is 0.306. The van der Waals surface area contributed by atoms with E-state index in [0.717, 1.165) is 10.3 Å². The van der Waals surface area contributed by atoms with Gasteiger partial charge in [-0.3, -0.25) is 0 Å². The molecule has 2 N–H and O–H groups in total. The van der Waals surface area contributed by atoms with Gasteiger partial charge >= 0.3 is 0 Å². The minimum Gasteiger partial charge on any atom is -0.208 e. The van der Waals surface area contributed by atoms with E-state index in [-0.39, 0.29) is 16.3 Å². The second-order valence-corrected chi connectivity index (χ2v) is 9.57. The molecule has 0 amide bonds. The average molecular weight is 336 g/mol. The molecule has 2 rings (SSSR count). The first-order valence-corrected chi connectivity index (χ1v) is 9.80. The molecule has 0 saturated heterocycles. The molecule has 1 fully saturated rings. The van der Waals surface area contributed by atoms with E-state index in [4.69, 9.17) is 0 Å². The van der Waals surface area contributed by atoms with Gasteiger partial charge in [0.15, 0.2) is 0 Å². The third kappa shape index (κ3) is 3.67. The second-order valence-electron chi connectivity index (χ2n) is 4.68. The van der Waals surface area contributed by atoms with Gasteiger partial charge in [-0.1, -0.05) is 6.58 Å². The summed E-state index contributed by atoms with van der Waals surface area (Å²) >= 11 is 1.21. The van der Waals surface area contributed by atoms with Crippen LogP contribution in [0.15, 0.2) is 28.3 Å². The smallest absolute Gasteiger partial charge is 0.208 e. The van der Waals surface area contributed by atoms with Crippen LogP contribution in [-0.4, -0.2) is 28.9 Å². The zero-order valence-electron chi connectivity index (χ0n) is 10.9. The zero-order chi connectivity index (χ0) is 15.0. The highest BCUT2D eigenvalue weighted by Gasteiger charge is 2.34. The van der Waals surface area contributed by atoms with Gasteiger partial charge in [-0.15, -0.1) is 11.3 Å². The van der Waals surface area contributed by atoms with E-state index in [1.165, 1.54) is 11.3 Å². The summed E-state index contributed by atoms with van der Waals surface area (Å²) in [6.07, 6.45) is 0.882. The van der Waals surface area contributed by atoms with Crippen molar-refractivity contribution in [1.82, 2.24) is 9.44 Å². The average Bonchev–Trinajstić information content (AvgIpc) is 2.73. The van der Waals surface area contributed by atoms with Gasteiger partial charge in [-0.05, 0) is 31.9 Å². The number of hydrogen-bond donors (Lipinski definition) is 2. The summed E-state index contributed by atoms with van der Waals surface area (Å²) < 4.78 is 51.9. The summed E-state index contributed by atoms with van der Waals surface area (Å²) in [6, 6.07) is 2.84. The van der Waals surface area contributed by atoms with Crippen LogP contribution in [0.1, 0.15) is 17.7 Å². The maximum absolute atomic E-state index is 12.0. The van der Waals surface area contributed by atoms with Crippen molar-refractivity contribution in [3.05, 3.63) is 29.0 Å². The highest BCUT2D eigenvalue weighted by molar-refractivity contribution is 7.92. The lowest BCUT2D eigenvalue weighted by Gasteiger charge is -2.35. The maximum Gasteiger partial charge on any atom is 0.250 e. The third-order valence-electron chi connectivity index (χ3n) is 2.99. The molecular weight excluding hydrogens is 320 g/mol. The van der Waals surface area contributed by atoms with Crippen LogP contribution in [0.4, 0.5) is 0 Å². The predicted molar refractivity (Wildman–Crippen MR) is 78.4 cm³/mol. The van der Waals surface area contributed by atoms with E-state index in [1.54, 1.807) is 12.1 Å². The minimum absolute atomic E-state index is 0.236. The van der Waals surface area contributed by atoms with Gasteiger partial charge in [0.05, 0.1) is 0 Å². The molecule has 0 spiro atoms.